The zero-order chi connectivity index (χ0) is 18.9. The normalized spacial score (nSPS) is 11.3. The molecule has 2 N–H and O–H groups in total. The van der Waals surface area contributed by atoms with Crippen LogP contribution in [0.3, 0.4) is 0 Å². The molecule has 0 aliphatic heterocycles. The van der Waals surface area contributed by atoms with Crippen LogP contribution in [-0.2, 0) is 14.8 Å². The summed E-state index contributed by atoms with van der Waals surface area (Å²) in [6.07, 6.45) is 0. The number of carbonyl (C=O) groups excluding carboxylic acids is 1. The molecule has 1 aromatic carbocycles. The molecule has 7 nitrogen and oxygen atoms in total. The lowest BCUT2D eigenvalue weighted by Crippen LogP contribution is -2.12. The smallest absolute Gasteiger partial charge is 0.273 e. The number of hydrogen-bond acceptors (Lipinski definition) is 7. The highest BCUT2D eigenvalue weighted by Crippen LogP contribution is 2.29. The molecule has 0 spiro atoms. The minimum Gasteiger partial charge on any atom is -0.302 e. The lowest BCUT2D eigenvalue weighted by Gasteiger charge is -2.08. The van der Waals surface area contributed by atoms with Crippen LogP contribution in [0.1, 0.15) is 17.6 Å². The molecule has 0 unspecified atom stereocenters. The molecule has 1 amide bonds. The first kappa shape index (κ1) is 18.5. The predicted octanol–water partition coefficient (Wildman–Crippen LogP) is 3.64. The Kier molecular flexibility index (Phi) is 5.08. The fourth-order valence-corrected chi connectivity index (χ4v) is 5.62. The Hall–Kier alpha value is -2.30. The number of aryl methyl sites for hydroxylation is 2. The third-order valence-corrected chi connectivity index (χ3v) is 7.12. The zero-order valence-corrected chi connectivity index (χ0v) is 16.7. The van der Waals surface area contributed by atoms with Gasteiger partial charge in [-0.05, 0) is 26.0 Å². The molecule has 10 heteroatoms. The number of sulfonamides is 1. The SMILES string of the molecule is CC(=O)Nc1nc(-c2cccc(NS(=O)(=O)c3sc(C)nc3C)c2)cs1. The molecule has 2 aromatic heterocycles. The summed E-state index contributed by atoms with van der Waals surface area (Å²) in [6, 6.07) is 6.95. The number of thiazole rings is 2. The molecule has 0 saturated heterocycles. The summed E-state index contributed by atoms with van der Waals surface area (Å²) in [7, 11) is -3.70. The van der Waals surface area contributed by atoms with Crippen molar-refractivity contribution in [1.82, 2.24) is 9.97 Å². The second-order valence-corrected chi connectivity index (χ2v) is 9.45. The van der Waals surface area contributed by atoms with Crippen LogP contribution in [0.2, 0.25) is 0 Å². The maximum Gasteiger partial charge on any atom is 0.273 e. The third-order valence-electron chi connectivity index (χ3n) is 3.30. The predicted molar refractivity (Wildman–Crippen MR) is 104 cm³/mol. The van der Waals surface area contributed by atoms with Gasteiger partial charge in [0.1, 0.15) is 0 Å². The number of rotatable bonds is 5. The Balaban J connectivity index is 1.87. The van der Waals surface area contributed by atoms with E-state index in [2.05, 4.69) is 20.0 Å². The van der Waals surface area contributed by atoms with Gasteiger partial charge in [0, 0.05) is 23.6 Å². The summed E-state index contributed by atoms with van der Waals surface area (Å²) >= 11 is 2.44. The number of hydrogen-bond donors (Lipinski definition) is 2. The minimum atomic E-state index is -3.70. The van der Waals surface area contributed by atoms with Crippen molar-refractivity contribution in [1.29, 1.82) is 0 Å². The molecule has 0 aliphatic carbocycles. The van der Waals surface area contributed by atoms with Crippen LogP contribution in [-0.4, -0.2) is 24.3 Å². The van der Waals surface area contributed by atoms with Gasteiger partial charge in [-0.25, -0.2) is 18.4 Å². The van der Waals surface area contributed by atoms with Gasteiger partial charge in [-0.2, -0.15) is 0 Å². The molecule has 0 radical (unpaired) electrons. The Labute approximate surface area is 159 Å². The molecule has 136 valence electrons. The van der Waals surface area contributed by atoms with Gasteiger partial charge in [-0.15, -0.1) is 22.7 Å². The van der Waals surface area contributed by atoms with Crippen molar-refractivity contribution in [2.45, 2.75) is 25.0 Å². The maximum atomic E-state index is 12.6. The van der Waals surface area contributed by atoms with Crippen molar-refractivity contribution < 1.29 is 13.2 Å². The average Bonchev–Trinajstić information content (AvgIpc) is 3.13. The molecule has 2 heterocycles. The number of nitrogens with zero attached hydrogens (tertiary/aromatic N) is 2. The number of carbonyl (C=O) groups is 1. The fourth-order valence-electron chi connectivity index (χ4n) is 2.32. The van der Waals surface area contributed by atoms with E-state index in [1.54, 1.807) is 37.4 Å². The summed E-state index contributed by atoms with van der Waals surface area (Å²) in [5.41, 5.74) is 2.32. The summed E-state index contributed by atoms with van der Waals surface area (Å²) < 4.78 is 28.0. The van der Waals surface area contributed by atoms with E-state index in [4.69, 9.17) is 0 Å². The quantitative estimate of drug-likeness (QED) is 0.671. The van der Waals surface area contributed by atoms with Gasteiger partial charge < -0.3 is 5.32 Å². The summed E-state index contributed by atoms with van der Waals surface area (Å²) in [4.78, 5) is 19.6. The minimum absolute atomic E-state index is 0.192. The van der Waals surface area contributed by atoms with Crippen molar-refractivity contribution in [3.63, 3.8) is 0 Å². The first-order valence-corrected chi connectivity index (χ1v) is 10.7. The van der Waals surface area contributed by atoms with E-state index in [0.717, 1.165) is 16.9 Å². The number of anilines is 2. The topological polar surface area (TPSA) is 101 Å². The Morgan fingerprint density at radius 1 is 1.19 bits per heavy atom. The van der Waals surface area contributed by atoms with Gasteiger partial charge in [-0.3, -0.25) is 9.52 Å². The van der Waals surface area contributed by atoms with Gasteiger partial charge in [0.05, 0.1) is 16.4 Å². The molecule has 0 atom stereocenters. The molecule has 26 heavy (non-hydrogen) atoms. The van der Waals surface area contributed by atoms with E-state index in [1.165, 1.54) is 18.3 Å². The fraction of sp³-hybridized carbons (Fsp3) is 0.188. The molecular weight excluding hydrogens is 392 g/mol. The largest absolute Gasteiger partial charge is 0.302 e. The Morgan fingerprint density at radius 3 is 2.62 bits per heavy atom. The number of benzene rings is 1. The van der Waals surface area contributed by atoms with E-state index >= 15 is 0 Å². The zero-order valence-electron chi connectivity index (χ0n) is 14.2. The second-order valence-electron chi connectivity index (χ2n) is 5.51. The molecule has 0 bridgehead atoms. The van der Waals surface area contributed by atoms with Crippen LogP contribution in [0.4, 0.5) is 10.8 Å². The van der Waals surface area contributed by atoms with Crippen LogP contribution in [0.25, 0.3) is 11.3 Å². The second kappa shape index (κ2) is 7.14. The van der Waals surface area contributed by atoms with Gasteiger partial charge >= 0.3 is 0 Å². The first-order valence-electron chi connectivity index (χ1n) is 7.55. The van der Waals surface area contributed by atoms with Crippen LogP contribution in [0.5, 0.6) is 0 Å². The van der Waals surface area contributed by atoms with Crippen LogP contribution >= 0.6 is 22.7 Å². The third kappa shape index (κ3) is 4.09. The standard InChI is InChI=1S/C16H16N4O3S3/c1-9-15(25-11(3)17-9)26(22,23)20-13-6-4-5-12(7-13)14-8-24-16(19-14)18-10(2)21/h4-8,20H,1-3H3,(H,18,19,21). The summed E-state index contributed by atoms with van der Waals surface area (Å²) in [5.74, 6) is -0.192. The van der Waals surface area contributed by atoms with Gasteiger partial charge in [0.25, 0.3) is 10.0 Å². The van der Waals surface area contributed by atoms with Crippen LogP contribution in [0, 0.1) is 13.8 Å². The monoisotopic (exact) mass is 408 g/mol. The first-order chi connectivity index (χ1) is 12.2. The average molecular weight is 409 g/mol. The molecule has 0 saturated carbocycles. The highest BCUT2D eigenvalue weighted by atomic mass is 32.2. The van der Waals surface area contributed by atoms with E-state index in [0.29, 0.717) is 27.2 Å². The van der Waals surface area contributed by atoms with Crippen molar-refractivity contribution in [3.8, 4) is 11.3 Å². The number of aromatic nitrogens is 2. The highest BCUT2D eigenvalue weighted by molar-refractivity contribution is 7.94. The van der Waals surface area contributed by atoms with E-state index in [-0.39, 0.29) is 10.1 Å². The van der Waals surface area contributed by atoms with Crippen LogP contribution < -0.4 is 10.0 Å². The summed E-state index contributed by atoms with van der Waals surface area (Å²) in [6.45, 7) is 4.86. The lowest BCUT2D eigenvalue weighted by molar-refractivity contribution is -0.114. The van der Waals surface area contributed by atoms with Crippen LogP contribution in [0.15, 0.2) is 33.9 Å². The molecule has 3 rings (SSSR count). The van der Waals surface area contributed by atoms with E-state index in [9.17, 15) is 13.2 Å². The van der Waals surface area contributed by atoms with Gasteiger partial charge in [0.2, 0.25) is 5.91 Å². The number of amides is 1. The maximum absolute atomic E-state index is 12.6. The van der Waals surface area contributed by atoms with Crippen molar-refractivity contribution in [3.05, 3.63) is 40.3 Å². The van der Waals surface area contributed by atoms with Crippen molar-refractivity contribution in [2.24, 2.45) is 0 Å². The van der Waals surface area contributed by atoms with Gasteiger partial charge in [0.15, 0.2) is 9.34 Å². The van der Waals surface area contributed by atoms with Crippen molar-refractivity contribution in [2.75, 3.05) is 10.0 Å². The highest BCUT2D eigenvalue weighted by Gasteiger charge is 2.21. The molecular formula is C16H16N4O3S3. The molecule has 0 aliphatic rings. The molecule has 3 aromatic rings. The van der Waals surface area contributed by atoms with E-state index in [1.807, 2.05) is 6.07 Å². The van der Waals surface area contributed by atoms with Crippen molar-refractivity contribution >= 4 is 49.4 Å². The van der Waals surface area contributed by atoms with Gasteiger partial charge in [-0.1, -0.05) is 12.1 Å². The van der Waals surface area contributed by atoms with E-state index < -0.39 is 10.0 Å². The Bertz CT molecular complexity index is 1070. The number of nitrogens with one attached hydrogen (secondary N) is 2. The summed E-state index contributed by atoms with van der Waals surface area (Å²) in [5, 5.41) is 5.62. The lowest BCUT2D eigenvalue weighted by atomic mass is 10.1. The molecule has 0 fully saturated rings. The Morgan fingerprint density at radius 2 is 1.96 bits per heavy atom.